The summed E-state index contributed by atoms with van der Waals surface area (Å²) in [7, 11) is 0. The van der Waals surface area contributed by atoms with E-state index in [-0.39, 0.29) is 18.2 Å². The lowest BCUT2D eigenvalue weighted by molar-refractivity contribution is 0.0473. The highest BCUT2D eigenvalue weighted by molar-refractivity contribution is 14.1. The SMILES string of the molecule is CC(=O)c1c(C)[nH]c(C(=O)COC(=O)c2ccc(I)cc2)c1C. The van der Waals surface area contributed by atoms with Crippen molar-refractivity contribution in [1.82, 2.24) is 4.98 Å². The zero-order chi connectivity index (χ0) is 17.1. The van der Waals surface area contributed by atoms with Gasteiger partial charge in [-0.15, -0.1) is 0 Å². The molecule has 1 aromatic heterocycles. The van der Waals surface area contributed by atoms with Gasteiger partial charge in [0, 0.05) is 14.8 Å². The molecule has 0 aliphatic heterocycles. The third-order valence-corrected chi connectivity index (χ3v) is 4.20. The number of esters is 1. The van der Waals surface area contributed by atoms with Crippen LogP contribution in [0.2, 0.25) is 0 Å². The topological polar surface area (TPSA) is 76.2 Å². The number of carbonyl (C=O) groups excluding carboxylic acids is 3. The van der Waals surface area contributed by atoms with Crippen LogP contribution in [0.3, 0.4) is 0 Å². The molecule has 1 N–H and O–H groups in total. The molecule has 0 radical (unpaired) electrons. The van der Waals surface area contributed by atoms with Crippen molar-refractivity contribution in [2.24, 2.45) is 0 Å². The molecule has 2 aromatic rings. The fourth-order valence-corrected chi connectivity index (χ4v) is 2.79. The number of hydrogen-bond donors (Lipinski definition) is 1. The van der Waals surface area contributed by atoms with Crippen LogP contribution in [0, 0.1) is 17.4 Å². The van der Waals surface area contributed by atoms with Crippen LogP contribution in [-0.4, -0.2) is 29.1 Å². The third-order valence-electron chi connectivity index (χ3n) is 3.48. The first-order chi connectivity index (χ1) is 10.8. The molecule has 0 bridgehead atoms. The minimum absolute atomic E-state index is 0.105. The van der Waals surface area contributed by atoms with Crippen molar-refractivity contribution in [2.75, 3.05) is 6.61 Å². The molecule has 6 heteroatoms. The summed E-state index contributed by atoms with van der Waals surface area (Å²) < 4.78 is 6.06. The fourth-order valence-electron chi connectivity index (χ4n) is 2.43. The van der Waals surface area contributed by atoms with E-state index in [1.807, 2.05) is 0 Å². The van der Waals surface area contributed by atoms with Crippen LogP contribution in [-0.2, 0) is 4.74 Å². The number of benzene rings is 1. The number of ketones is 2. The Labute approximate surface area is 147 Å². The van der Waals surface area contributed by atoms with Gasteiger partial charge in [0.05, 0.1) is 11.3 Å². The molecule has 1 aromatic carbocycles. The van der Waals surface area contributed by atoms with E-state index in [0.29, 0.717) is 28.1 Å². The number of aromatic amines is 1. The van der Waals surface area contributed by atoms with Gasteiger partial charge < -0.3 is 9.72 Å². The van der Waals surface area contributed by atoms with E-state index < -0.39 is 5.97 Å². The Bertz CT molecular complexity index is 775. The lowest BCUT2D eigenvalue weighted by atomic mass is 10.1. The van der Waals surface area contributed by atoms with E-state index in [4.69, 9.17) is 4.74 Å². The first kappa shape index (κ1) is 17.4. The molecule has 0 saturated heterocycles. The van der Waals surface area contributed by atoms with Crippen molar-refractivity contribution < 1.29 is 19.1 Å². The van der Waals surface area contributed by atoms with Gasteiger partial charge in [-0.25, -0.2) is 4.79 Å². The molecule has 0 aliphatic carbocycles. The number of rotatable bonds is 5. The van der Waals surface area contributed by atoms with Gasteiger partial charge in [0.1, 0.15) is 0 Å². The largest absolute Gasteiger partial charge is 0.454 e. The maximum absolute atomic E-state index is 12.2. The van der Waals surface area contributed by atoms with Crippen molar-refractivity contribution in [2.45, 2.75) is 20.8 Å². The van der Waals surface area contributed by atoms with Gasteiger partial charge in [0.2, 0.25) is 5.78 Å². The lowest BCUT2D eigenvalue weighted by Crippen LogP contribution is -2.15. The van der Waals surface area contributed by atoms with Gasteiger partial charge in [0.15, 0.2) is 12.4 Å². The van der Waals surface area contributed by atoms with Crippen LogP contribution in [0.15, 0.2) is 24.3 Å². The van der Waals surface area contributed by atoms with E-state index in [1.54, 1.807) is 38.1 Å². The second-order valence-corrected chi connectivity index (χ2v) is 6.43. The Morgan fingerprint density at radius 2 is 1.74 bits per heavy atom. The molecule has 0 unspecified atom stereocenters. The summed E-state index contributed by atoms with van der Waals surface area (Å²) in [6.45, 7) is 4.52. The molecule has 0 atom stereocenters. The number of aryl methyl sites for hydroxylation is 1. The standard InChI is InChI=1S/C17H16INO4/c1-9-15(11(3)20)10(2)19-16(9)14(21)8-23-17(22)12-4-6-13(18)7-5-12/h4-7,19H,8H2,1-3H3. The van der Waals surface area contributed by atoms with Crippen molar-refractivity contribution in [1.29, 1.82) is 0 Å². The normalized spacial score (nSPS) is 10.4. The van der Waals surface area contributed by atoms with Crippen molar-refractivity contribution >= 4 is 40.1 Å². The molecule has 2 rings (SSSR count). The minimum Gasteiger partial charge on any atom is -0.454 e. The molecule has 0 aliphatic rings. The molecule has 0 spiro atoms. The van der Waals surface area contributed by atoms with E-state index in [9.17, 15) is 14.4 Å². The van der Waals surface area contributed by atoms with Crippen LogP contribution < -0.4 is 0 Å². The summed E-state index contributed by atoms with van der Waals surface area (Å²) in [5, 5.41) is 0. The Morgan fingerprint density at radius 3 is 2.26 bits per heavy atom. The van der Waals surface area contributed by atoms with Crippen LogP contribution >= 0.6 is 22.6 Å². The summed E-state index contributed by atoms with van der Waals surface area (Å²) in [6, 6.07) is 6.87. The fraction of sp³-hybridized carbons (Fsp3) is 0.235. The number of halogens is 1. The average Bonchev–Trinajstić information content (AvgIpc) is 2.80. The zero-order valence-corrected chi connectivity index (χ0v) is 15.2. The molecule has 0 fully saturated rings. The number of nitrogens with one attached hydrogen (secondary N) is 1. The van der Waals surface area contributed by atoms with E-state index in [2.05, 4.69) is 27.6 Å². The lowest BCUT2D eigenvalue weighted by Gasteiger charge is -2.04. The minimum atomic E-state index is -0.553. The van der Waals surface area contributed by atoms with Gasteiger partial charge in [0.25, 0.3) is 0 Å². The van der Waals surface area contributed by atoms with Crippen molar-refractivity contribution in [3.8, 4) is 0 Å². The predicted octanol–water partition coefficient (Wildman–Crippen LogP) is 3.48. The number of ether oxygens (including phenoxy) is 1. The Balaban J connectivity index is 2.08. The number of hydrogen-bond acceptors (Lipinski definition) is 4. The first-order valence-electron chi connectivity index (χ1n) is 6.97. The molecule has 120 valence electrons. The van der Waals surface area contributed by atoms with Crippen LogP contribution in [0.1, 0.15) is 49.4 Å². The summed E-state index contributed by atoms with van der Waals surface area (Å²) in [4.78, 5) is 38.6. The van der Waals surface area contributed by atoms with Gasteiger partial charge in [-0.1, -0.05) is 0 Å². The highest BCUT2D eigenvalue weighted by atomic mass is 127. The van der Waals surface area contributed by atoms with Crippen LogP contribution in [0.4, 0.5) is 0 Å². The summed E-state index contributed by atoms with van der Waals surface area (Å²) in [5.41, 5.74) is 2.44. The van der Waals surface area contributed by atoms with Gasteiger partial charge in [-0.3, -0.25) is 9.59 Å². The summed E-state index contributed by atoms with van der Waals surface area (Å²) in [5.74, 6) is -1.02. The van der Waals surface area contributed by atoms with Crippen LogP contribution in [0.25, 0.3) is 0 Å². The molecular formula is C17H16INO4. The van der Waals surface area contributed by atoms with E-state index in [1.165, 1.54) is 6.92 Å². The molecule has 0 saturated carbocycles. The monoisotopic (exact) mass is 425 g/mol. The quantitative estimate of drug-likeness (QED) is 0.452. The first-order valence-corrected chi connectivity index (χ1v) is 8.05. The Hall–Kier alpha value is -1.96. The maximum Gasteiger partial charge on any atom is 0.338 e. The smallest absolute Gasteiger partial charge is 0.338 e. The van der Waals surface area contributed by atoms with Gasteiger partial charge >= 0.3 is 5.97 Å². The van der Waals surface area contributed by atoms with Crippen molar-refractivity contribution in [3.63, 3.8) is 0 Å². The number of carbonyl (C=O) groups is 3. The second kappa shape index (κ2) is 7.08. The predicted molar refractivity (Wildman–Crippen MR) is 94.0 cm³/mol. The van der Waals surface area contributed by atoms with Crippen LogP contribution in [0.5, 0.6) is 0 Å². The van der Waals surface area contributed by atoms with Gasteiger partial charge in [-0.05, 0) is 73.2 Å². The number of aromatic nitrogens is 1. The van der Waals surface area contributed by atoms with Crippen molar-refractivity contribution in [3.05, 3.63) is 55.9 Å². The zero-order valence-electron chi connectivity index (χ0n) is 13.0. The molecule has 23 heavy (non-hydrogen) atoms. The summed E-state index contributed by atoms with van der Waals surface area (Å²) >= 11 is 2.14. The average molecular weight is 425 g/mol. The highest BCUT2D eigenvalue weighted by Gasteiger charge is 2.20. The van der Waals surface area contributed by atoms with E-state index >= 15 is 0 Å². The molecular weight excluding hydrogens is 409 g/mol. The second-order valence-electron chi connectivity index (χ2n) is 5.19. The summed E-state index contributed by atoms with van der Waals surface area (Å²) in [6.07, 6.45) is 0. The Kier molecular flexibility index (Phi) is 5.35. The molecule has 1 heterocycles. The molecule has 0 amide bonds. The number of H-pyrrole nitrogens is 1. The maximum atomic E-state index is 12.2. The van der Waals surface area contributed by atoms with Gasteiger partial charge in [-0.2, -0.15) is 0 Å². The van der Waals surface area contributed by atoms with E-state index in [0.717, 1.165) is 3.57 Å². The number of Topliss-reactive ketones (excluding diaryl/α,β-unsaturated/α-hetero) is 2. The highest BCUT2D eigenvalue weighted by Crippen LogP contribution is 2.19. The Morgan fingerprint density at radius 1 is 1.13 bits per heavy atom. The third kappa shape index (κ3) is 3.87. The molecule has 5 nitrogen and oxygen atoms in total.